The molecule has 0 aliphatic carbocycles. The Bertz CT molecular complexity index is 868. The smallest absolute Gasteiger partial charge is 0.228 e. The lowest BCUT2D eigenvalue weighted by atomic mass is 10.1. The van der Waals surface area contributed by atoms with Crippen LogP contribution in [0.5, 0.6) is 0 Å². The summed E-state index contributed by atoms with van der Waals surface area (Å²) in [5.74, 6) is 0.0354. The number of rotatable bonds is 6. The van der Waals surface area contributed by atoms with Crippen LogP contribution >= 0.6 is 23.4 Å². The van der Waals surface area contributed by atoms with Crippen molar-refractivity contribution in [3.05, 3.63) is 89.0 Å². The molecule has 1 aromatic heterocycles. The fraction of sp³-hybridized carbons (Fsp3) is 0.100. The zero-order valence-corrected chi connectivity index (χ0v) is 15.4. The van der Waals surface area contributed by atoms with E-state index in [0.29, 0.717) is 5.69 Å². The van der Waals surface area contributed by atoms with E-state index in [1.54, 1.807) is 24.0 Å². The molecule has 1 N–H and O–H groups in total. The summed E-state index contributed by atoms with van der Waals surface area (Å²) in [4.78, 5) is 17.3. The third-order valence-electron chi connectivity index (χ3n) is 3.67. The van der Waals surface area contributed by atoms with Gasteiger partial charge in [0.15, 0.2) is 0 Å². The average molecular weight is 387 g/mol. The lowest BCUT2D eigenvalue weighted by Gasteiger charge is -2.08. The first kappa shape index (κ1) is 18.4. The van der Waals surface area contributed by atoms with Crippen LogP contribution < -0.4 is 5.32 Å². The Hall–Kier alpha value is -2.37. The van der Waals surface area contributed by atoms with Crippen molar-refractivity contribution < 1.29 is 9.18 Å². The van der Waals surface area contributed by atoms with Crippen LogP contribution in [-0.4, -0.2) is 10.9 Å². The first-order chi connectivity index (χ1) is 12.6. The van der Waals surface area contributed by atoms with Crippen LogP contribution in [0.2, 0.25) is 5.02 Å². The van der Waals surface area contributed by atoms with E-state index in [1.165, 1.54) is 12.1 Å². The predicted molar refractivity (Wildman–Crippen MR) is 104 cm³/mol. The summed E-state index contributed by atoms with van der Waals surface area (Å²) in [6.45, 7) is 0. The second-order valence-corrected chi connectivity index (χ2v) is 7.06. The molecule has 0 unspecified atom stereocenters. The maximum Gasteiger partial charge on any atom is 0.228 e. The fourth-order valence-electron chi connectivity index (χ4n) is 2.35. The number of pyridine rings is 1. The molecule has 3 nitrogen and oxygen atoms in total. The number of hydrogen-bond donors (Lipinski definition) is 1. The van der Waals surface area contributed by atoms with Crippen molar-refractivity contribution in [3.63, 3.8) is 0 Å². The topological polar surface area (TPSA) is 42.0 Å². The van der Waals surface area contributed by atoms with Crippen LogP contribution in [0.15, 0.2) is 71.9 Å². The summed E-state index contributed by atoms with van der Waals surface area (Å²) >= 11 is 7.64. The maximum absolute atomic E-state index is 13.8. The van der Waals surface area contributed by atoms with Gasteiger partial charge in [0.05, 0.1) is 6.42 Å². The van der Waals surface area contributed by atoms with Crippen molar-refractivity contribution in [1.82, 2.24) is 4.98 Å². The molecule has 0 aliphatic rings. The van der Waals surface area contributed by atoms with Gasteiger partial charge in [0, 0.05) is 39.3 Å². The minimum absolute atomic E-state index is 0.108. The van der Waals surface area contributed by atoms with Crippen molar-refractivity contribution in [1.29, 1.82) is 0 Å². The van der Waals surface area contributed by atoms with Crippen molar-refractivity contribution in [3.8, 4) is 0 Å². The number of aromatic nitrogens is 1. The Balaban J connectivity index is 1.56. The van der Waals surface area contributed by atoms with E-state index in [2.05, 4.69) is 10.3 Å². The summed E-state index contributed by atoms with van der Waals surface area (Å²) in [7, 11) is 0. The standard InChI is InChI=1S/C20H16ClFN2OS/c21-18-4-1-5-19(22)17(18)11-20(25)24-15-6-8-16(9-7-15)26-13-14-3-2-10-23-12-14/h1-10,12H,11,13H2,(H,24,25). The first-order valence-electron chi connectivity index (χ1n) is 7.96. The number of amides is 1. The second-order valence-electron chi connectivity index (χ2n) is 5.60. The lowest BCUT2D eigenvalue weighted by molar-refractivity contribution is -0.115. The molecule has 0 aliphatic heterocycles. The highest BCUT2D eigenvalue weighted by Gasteiger charge is 2.12. The van der Waals surface area contributed by atoms with E-state index in [9.17, 15) is 9.18 Å². The average Bonchev–Trinajstić information content (AvgIpc) is 2.65. The van der Waals surface area contributed by atoms with E-state index in [1.807, 2.05) is 42.6 Å². The molecule has 132 valence electrons. The summed E-state index contributed by atoms with van der Waals surface area (Å²) in [6, 6.07) is 15.8. The Labute approximate surface area is 160 Å². The number of hydrogen-bond acceptors (Lipinski definition) is 3. The molecule has 6 heteroatoms. The van der Waals surface area contributed by atoms with E-state index < -0.39 is 5.82 Å². The SMILES string of the molecule is O=C(Cc1c(F)cccc1Cl)Nc1ccc(SCc2cccnc2)cc1. The molecule has 0 saturated heterocycles. The third-order valence-corrected chi connectivity index (χ3v) is 5.10. The van der Waals surface area contributed by atoms with Gasteiger partial charge in [0.25, 0.3) is 0 Å². The molecule has 0 fully saturated rings. The lowest BCUT2D eigenvalue weighted by Crippen LogP contribution is -2.15. The summed E-state index contributed by atoms with van der Waals surface area (Å²) in [5.41, 5.74) is 2.01. The quantitative estimate of drug-likeness (QED) is 0.581. The largest absolute Gasteiger partial charge is 0.326 e. The van der Waals surface area contributed by atoms with Crippen LogP contribution in [0.25, 0.3) is 0 Å². The zero-order chi connectivity index (χ0) is 18.4. The Morgan fingerprint density at radius 1 is 1.12 bits per heavy atom. The molecule has 3 aromatic rings. The van der Waals surface area contributed by atoms with E-state index in [0.717, 1.165) is 16.2 Å². The summed E-state index contributed by atoms with van der Waals surface area (Å²) < 4.78 is 13.8. The second kappa shape index (κ2) is 8.83. The van der Waals surface area contributed by atoms with E-state index >= 15 is 0 Å². The minimum atomic E-state index is -0.477. The highest BCUT2D eigenvalue weighted by molar-refractivity contribution is 7.98. The van der Waals surface area contributed by atoms with Crippen LogP contribution in [0.4, 0.5) is 10.1 Å². The van der Waals surface area contributed by atoms with E-state index in [-0.39, 0.29) is 22.9 Å². The van der Waals surface area contributed by atoms with Crippen LogP contribution in [-0.2, 0) is 17.0 Å². The first-order valence-corrected chi connectivity index (χ1v) is 9.32. The van der Waals surface area contributed by atoms with Crippen LogP contribution in [0.3, 0.4) is 0 Å². The van der Waals surface area contributed by atoms with Crippen molar-refractivity contribution >= 4 is 35.0 Å². The number of nitrogens with one attached hydrogen (secondary N) is 1. The molecule has 0 radical (unpaired) electrons. The Morgan fingerprint density at radius 3 is 2.62 bits per heavy atom. The molecular formula is C20H16ClFN2OS. The number of benzene rings is 2. The maximum atomic E-state index is 13.8. The molecule has 1 heterocycles. The van der Waals surface area contributed by atoms with Crippen LogP contribution in [0, 0.1) is 5.82 Å². The van der Waals surface area contributed by atoms with Gasteiger partial charge in [0.1, 0.15) is 5.82 Å². The molecular weight excluding hydrogens is 371 g/mol. The molecule has 0 saturated carbocycles. The van der Waals surface area contributed by atoms with Gasteiger partial charge < -0.3 is 5.32 Å². The van der Waals surface area contributed by atoms with Crippen molar-refractivity contribution in [2.45, 2.75) is 17.1 Å². The van der Waals surface area contributed by atoms with Gasteiger partial charge >= 0.3 is 0 Å². The molecule has 0 atom stereocenters. The molecule has 0 bridgehead atoms. The summed E-state index contributed by atoms with van der Waals surface area (Å²) in [5, 5.41) is 3.01. The van der Waals surface area contributed by atoms with Gasteiger partial charge in [-0.25, -0.2) is 4.39 Å². The fourth-order valence-corrected chi connectivity index (χ4v) is 3.41. The van der Waals surface area contributed by atoms with Gasteiger partial charge in [-0.3, -0.25) is 9.78 Å². The molecule has 3 rings (SSSR count). The molecule has 2 aromatic carbocycles. The predicted octanol–water partition coefficient (Wildman–Crippen LogP) is 5.35. The number of carbonyl (C=O) groups is 1. The Morgan fingerprint density at radius 2 is 1.92 bits per heavy atom. The van der Waals surface area contributed by atoms with Gasteiger partial charge in [0.2, 0.25) is 5.91 Å². The molecule has 1 amide bonds. The monoisotopic (exact) mass is 386 g/mol. The van der Waals surface area contributed by atoms with Crippen molar-refractivity contribution in [2.75, 3.05) is 5.32 Å². The number of thioether (sulfide) groups is 1. The number of halogens is 2. The molecule has 0 spiro atoms. The van der Waals surface area contributed by atoms with Crippen LogP contribution in [0.1, 0.15) is 11.1 Å². The Kier molecular flexibility index (Phi) is 6.26. The molecule has 26 heavy (non-hydrogen) atoms. The van der Waals surface area contributed by atoms with Gasteiger partial charge in [-0.1, -0.05) is 23.7 Å². The summed E-state index contributed by atoms with van der Waals surface area (Å²) in [6.07, 6.45) is 3.48. The number of anilines is 1. The third kappa shape index (κ3) is 5.07. The van der Waals surface area contributed by atoms with Gasteiger partial charge in [-0.2, -0.15) is 0 Å². The van der Waals surface area contributed by atoms with E-state index in [4.69, 9.17) is 11.6 Å². The van der Waals surface area contributed by atoms with Gasteiger partial charge in [-0.15, -0.1) is 11.8 Å². The normalized spacial score (nSPS) is 10.5. The minimum Gasteiger partial charge on any atom is -0.326 e. The number of carbonyl (C=O) groups excluding carboxylic acids is 1. The zero-order valence-electron chi connectivity index (χ0n) is 13.8. The highest BCUT2D eigenvalue weighted by Crippen LogP contribution is 2.24. The van der Waals surface area contributed by atoms with Gasteiger partial charge in [-0.05, 0) is 48.0 Å². The highest BCUT2D eigenvalue weighted by atomic mass is 35.5. The van der Waals surface area contributed by atoms with Crippen molar-refractivity contribution in [2.24, 2.45) is 0 Å². The number of nitrogens with zero attached hydrogens (tertiary/aromatic N) is 1.